The Morgan fingerprint density at radius 2 is 2.27 bits per heavy atom. The molecule has 0 bridgehead atoms. The first-order valence-corrected chi connectivity index (χ1v) is 4.70. The zero-order chi connectivity index (χ0) is 8.27. The maximum Gasteiger partial charge on any atom is 0.00100 e. The predicted molar refractivity (Wildman–Crippen MR) is 48.4 cm³/mol. The summed E-state index contributed by atoms with van der Waals surface area (Å²) in [6.07, 6.45) is 1.30. The van der Waals surface area contributed by atoms with Gasteiger partial charge in [-0.2, -0.15) is 0 Å². The van der Waals surface area contributed by atoms with Gasteiger partial charge >= 0.3 is 0 Å². The third kappa shape index (κ3) is 2.17. The molecule has 2 heteroatoms. The summed E-state index contributed by atoms with van der Waals surface area (Å²) in [5.74, 6) is 1.58. The fourth-order valence-electron chi connectivity index (χ4n) is 1.92. The highest BCUT2D eigenvalue weighted by molar-refractivity contribution is 4.77. The minimum absolute atomic E-state index is 0.776. The van der Waals surface area contributed by atoms with E-state index in [2.05, 4.69) is 18.7 Å². The molecule has 1 rings (SSSR count). The van der Waals surface area contributed by atoms with Gasteiger partial charge < -0.3 is 10.6 Å². The predicted octanol–water partition coefficient (Wildman–Crippen LogP) is 0.923. The van der Waals surface area contributed by atoms with Crippen LogP contribution in [0.25, 0.3) is 0 Å². The zero-order valence-corrected chi connectivity index (χ0v) is 7.71. The molecule has 0 aromatic rings. The summed E-state index contributed by atoms with van der Waals surface area (Å²) in [6, 6.07) is 0. The van der Waals surface area contributed by atoms with Gasteiger partial charge in [-0.1, -0.05) is 13.8 Å². The molecular weight excluding hydrogens is 136 g/mol. The molecular formula is C9H20N2. The van der Waals surface area contributed by atoms with Crippen LogP contribution >= 0.6 is 0 Å². The second kappa shape index (κ2) is 4.07. The summed E-state index contributed by atoms with van der Waals surface area (Å²) in [4.78, 5) is 2.51. The van der Waals surface area contributed by atoms with Gasteiger partial charge in [0.2, 0.25) is 0 Å². The van der Waals surface area contributed by atoms with Crippen LogP contribution in [0.4, 0.5) is 0 Å². The molecule has 2 unspecified atom stereocenters. The quantitative estimate of drug-likeness (QED) is 0.644. The van der Waals surface area contributed by atoms with E-state index in [0.717, 1.165) is 18.4 Å². The Bertz CT molecular complexity index is 114. The van der Waals surface area contributed by atoms with Crippen molar-refractivity contribution in [2.24, 2.45) is 17.6 Å². The lowest BCUT2D eigenvalue weighted by Gasteiger charge is -2.35. The maximum atomic E-state index is 5.66. The van der Waals surface area contributed by atoms with Gasteiger partial charge in [0.25, 0.3) is 0 Å². The molecule has 1 heterocycles. The lowest BCUT2D eigenvalue weighted by atomic mass is 9.87. The van der Waals surface area contributed by atoms with Crippen LogP contribution in [0.15, 0.2) is 0 Å². The lowest BCUT2D eigenvalue weighted by Crippen LogP contribution is -2.41. The van der Waals surface area contributed by atoms with Crippen LogP contribution in [0.2, 0.25) is 0 Å². The van der Waals surface area contributed by atoms with E-state index in [4.69, 9.17) is 5.73 Å². The van der Waals surface area contributed by atoms with E-state index < -0.39 is 0 Å². The normalized spacial score (nSPS) is 34.1. The van der Waals surface area contributed by atoms with Crippen molar-refractivity contribution >= 4 is 0 Å². The standard InChI is InChI=1S/C9H20N2/c1-3-11-5-4-9(6-10)8(2)7-11/h8-9H,3-7,10H2,1-2H3. The molecule has 66 valence electrons. The van der Waals surface area contributed by atoms with Gasteiger partial charge in [-0.05, 0) is 37.9 Å². The highest BCUT2D eigenvalue weighted by Gasteiger charge is 2.23. The number of hydrogen-bond acceptors (Lipinski definition) is 2. The Morgan fingerprint density at radius 3 is 2.73 bits per heavy atom. The van der Waals surface area contributed by atoms with Crippen LogP contribution < -0.4 is 5.73 Å². The lowest BCUT2D eigenvalue weighted by molar-refractivity contribution is 0.139. The maximum absolute atomic E-state index is 5.66. The van der Waals surface area contributed by atoms with Crippen molar-refractivity contribution in [3.8, 4) is 0 Å². The van der Waals surface area contributed by atoms with Crippen molar-refractivity contribution in [2.75, 3.05) is 26.2 Å². The van der Waals surface area contributed by atoms with Crippen molar-refractivity contribution in [3.63, 3.8) is 0 Å². The molecule has 1 saturated heterocycles. The van der Waals surface area contributed by atoms with Gasteiger partial charge in [0.1, 0.15) is 0 Å². The number of rotatable bonds is 2. The summed E-state index contributed by atoms with van der Waals surface area (Å²) >= 11 is 0. The molecule has 1 aliphatic heterocycles. The number of nitrogens with zero attached hydrogens (tertiary/aromatic N) is 1. The first-order valence-electron chi connectivity index (χ1n) is 4.70. The third-order valence-corrected chi connectivity index (χ3v) is 2.92. The Labute approximate surface area is 69.8 Å². The Balaban J connectivity index is 2.34. The van der Waals surface area contributed by atoms with Gasteiger partial charge in [-0.15, -0.1) is 0 Å². The molecule has 2 nitrogen and oxygen atoms in total. The fourth-order valence-corrected chi connectivity index (χ4v) is 1.92. The number of hydrogen-bond donors (Lipinski definition) is 1. The molecule has 0 radical (unpaired) electrons. The second-order valence-corrected chi connectivity index (χ2v) is 3.65. The molecule has 0 aliphatic carbocycles. The van der Waals surface area contributed by atoms with E-state index in [1.165, 1.54) is 26.1 Å². The Kier molecular flexibility index (Phi) is 3.34. The average molecular weight is 156 g/mol. The van der Waals surface area contributed by atoms with E-state index in [0.29, 0.717) is 0 Å². The smallest absolute Gasteiger partial charge is 0.00100 e. The van der Waals surface area contributed by atoms with E-state index in [-0.39, 0.29) is 0 Å². The van der Waals surface area contributed by atoms with E-state index in [9.17, 15) is 0 Å². The minimum Gasteiger partial charge on any atom is -0.330 e. The monoisotopic (exact) mass is 156 g/mol. The van der Waals surface area contributed by atoms with Crippen molar-refractivity contribution in [3.05, 3.63) is 0 Å². The highest BCUT2D eigenvalue weighted by atomic mass is 15.1. The summed E-state index contributed by atoms with van der Waals surface area (Å²) in [5.41, 5.74) is 5.66. The minimum atomic E-state index is 0.776. The van der Waals surface area contributed by atoms with E-state index >= 15 is 0 Å². The molecule has 2 N–H and O–H groups in total. The van der Waals surface area contributed by atoms with Crippen molar-refractivity contribution in [1.29, 1.82) is 0 Å². The van der Waals surface area contributed by atoms with Gasteiger partial charge in [0, 0.05) is 6.54 Å². The molecule has 0 amide bonds. The molecule has 2 atom stereocenters. The van der Waals surface area contributed by atoms with E-state index in [1.807, 2.05) is 0 Å². The number of piperidine rings is 1. The molecule has 1 aliphatic rings. The fraction of sp³-hybridized carbons (Fsp3) is 1.00. The first-order chi connectivity index (χ1) is 5.27. The summed E-state index contributed by atoms with van der Waals surface area (Å²) < 4.78 is 0. The number of nitrogens with two attached hydrogens (primary N) is 1. The summed E-state index contributed by atoms with van der Waals surface area (Å²) in [5, 5.41) is 0. The zero-order valence-electron chi connectivity index (χ0n) is 7.71. The third-order valence-electron chi connectivity index (χ3n) is 2.92. The van der Waals surface area contributed by atoms with E-state index in [1.54, 1.807) is 0 Å². The van der Waals surface area contributed by atoms with Crippen LogP contribution in [-0.4, -0.2) is 31.1 Å². The SMILES string of the molecule is CCN1CCC(CN)C(C)C1. The molecule has 1 fully saturated rings. The van der Waals surface area contributed by atoms with Crippen LogP contribution in [0.3, 0.4) is 0 Å². The van der Waals surface area contributed by atoms with Gasteiger partial charge in [-0.25, -0.2) is 0 Å². The van der Waals surface area contributed by atoms with Gasteiger partial charge in [-0.3, -0.25) is 0 Å². The van der Waals surface area contributed by atoms with Crippen molar-refractivity contribution in [1.82, 2.24) is 4.90 Å². The Morgan fingerprint density at radius 1 is 1.55 bits per heavy atom. The van der Waals surface area contributed by atoms with Crippen molar-refractivity contribution < 1.29 is 0 Å². The second-order valence-electron chi connectivity index (χ2n) is 3.65. The van der Waals surface area contributed by atoms with Crippen LogP contribution in [0.1, 0.15) is 20.3 Å². The molecule has 0 spiro atoms. The van der Waals surface area contributed by atoms with Crippen LogP contribution in [0.5, 0.6) is 0 Å². The van der Waals surface area contributed by atoms with Gasteiger partial charge in [0.15, 0.2) is 0 Å². The number of likely N-dealkylation sites (tertiary alicyclic amines) is 1. The van der Waals surface area contributed by atoms with Crippen LogP contribution in [0, 0.1) is 11.8 Å². The topological polar surface area (TPSA) is 29.3 Å². The summed E-state index contributed by atoms with van der Waals surface area (Å²) in [6.45, 7) is 9.12. The molecule has 0 aromatic carbocycles. The van der Waals surface area contributed by atoms with Crippen LogP contribution in [-0.2, 0) is 0 Å². The molecule has 11 heavy (non-hydrogen) atoms. The average Bonchev–Trinajstić information content (AvgIpc) is 2.04. The largest absolute Gasteiger partial charge is 0.330 e. The van der Waals surface area contributed by atoms with Gasteiger partial charge in [0.05, 0.1) is 0 Å². The van der Waals surface area contributed by atoms with Crippen molar-refractivity contribution in [2.45, 2.75) is 20.3 Å². The molecule has 0 aromatic heterocycles. The summed E-state index contributed by atoms with van der Waals surface area (Å²) in [7, 11) is 0. The first kappa shape index (κ1) is 9.01. The highest BCUT2D eigenvalue weighted by Crippen LogP contribution is 2.21. The molecule has 0 saturated carbocycles. The Hall–Kier alpha value is -0.0800.